The third-order valence-corrected chi connectivity index (χ3v) is 2.27. The molecule has 2 N–H and O–H groups in total. The third-order valence-electron chi connectivity index (χ3n) is 2.27. The number of amides is 1. The van der Waals surface area contributed by atoms with Gasteiger partial charge >= 0.3 is 0 Å². The third kappa shape index (κ3) is 2.62. The predicted octanol–water partition coefficient (Wildman–Crippen LogP) is 0.305. The Morgan fingerprint density at radius 2 is 2.28 bits per heavy atom. The standard InChI is InChI=1S/C11H12N4O3/c1-6-3-9(16)8(4-12-6)11(17)13-5-10-14-7(2)15-18-10/h3-4H,5H2,1-2H3,(H,12,16)(H,13,17). The van der Waals surface area contributed by atoms with Crippen LogP contribution in [0.5, 0.6) is 0 Å². The van der Waals surface area contributed by atoms with Crippen molar-refractivity contribution in [1.82, 2.24) is 20.4 Å². The van der Waals surface area contributed by atoms with E-state index in [4.69, 9.17) is 4.52 Å². The Balaban J connectivity index is 2.06. The number of pyridine rings is 1. The maximum absolute atomic E-state index is 11.7. The van der Waals surface area contributed by atoms with Gasteiger partial charge in [0.1, 0.15) is 5.56 Å². The summed E-state index contributed by atoms with van der Waals surface area (Å²) in [6.07, 6.45) is 1.38. The molecule has 0 aliphatic carbocycles. The summed E-state index contributed by atoms with van der Waals surface area (Å²) in [5.74, 6) is 0.309. The van der Waals surface area contributed by atoms with Crippen LogP contribution in [-0.2, 0) is 6.54 Å². The molecule has 0 unspecified atom stereocenters. The zero-order valence-electron chi connectivity index (χ0n) is 9.98. The lowest BCUT2D eigenvalue weighted by molar-refractivity contribution is 0.0945. The number of nitrogens with zero attached hydrogens (tertiary/aromatic N) is 2. The maximum Gasteiger partial charge on any atom is 0.257 e. The minimum absolute atomic E-state index is 0.0526. The van der Waals surface area contributed by atoms with Gasteiger partial charge in [0.25, 0.3) is 5.91 Å². The van der Waals surface area contributed by atoms with Gasteiger partial charge in [0.05, 0.1) is 6.54 Å². The second-order valence-corrected chi connectivity index (χ2v) is 3.81. The molecular formula is C11H12N4O3. The molecule has 0 saturated heterocycles. The lowest BCUT2D eigenvalue weighted by atomic mass is 10.2. The van der Waals surface area contributed by atoms with Gasteiger partial charge in [-0.1, -0.05) is 5.16 Å². The van der Waals surface area contributed by atoms with Crippen LogP contribution in [0.4, 0.5) is 0 Å². The van der Waals surface area contributed by atoms with Crippen LogP contribution < -0.4 is 10.7 Å². The minimum atomic E-state index is -0.480. The quantitative estimate of drug-likeness (QED) is 0.813. The normalized spacial score (nSPS) is 10.3. The summed E-state index contributed by atoms with van der Waals surface area (Å²) in [4.78, 5) is 30.0. The highest BCUT2D eigenvalue weighted by Crippen LogP contribution is 1.97. The van der Waals surface area contributed by atoms with Crippen molar-refractivity contribution in [3.05, 3.63) is 45.5 Å². The SMILES string of the molecule is Cc1noc(CNC(=O)c2c[nH]c(C)cc2=O)n1. The summed E-state index contributed by atoms with van der Waals surface area (Å²) < 4.78 is 4.84. The molecule has 0 bridgehead atoms. The lowest BCUT2D eigenvalue weighted by Crippen LogP contribution is -2.28. The van der Waals surface area contributed by atoms with Gasteiger partial charge < -0.3 is 14.8 Å². The van der Waals surface area contributed by atoms with Gasteiger partial charge in [-0.05, 0) is 13.8 Å². The summed E-state index contributed by atoms with van der Waals surface area (Å²) >= 11 is 0. The van der Waals surface area contributed by atoms with Crippen LogP contribution in [0.25, 0.3) is 0 Å². The molecule has 2 aromatic rings. The summed E-state index contributed by atoms with van der Waals surface area (Å²) in [5.41, 5.74) is 0.423. The molecule has 7 heteroatoms. The van der Waals surface area contributed by atoms with Crippen molar-refractivity contribution >= 4 is 5.91 Å². The number of hydrogen-bond donors (Lipinski definition) is 2. The number of aryl methyl sites for hydroxylation is 2. The molecule has 2 aromatic heterocycles. The molecule has 18 heavy (non-hydrogen) atoms. The first-order chi connectivity index (χ1) is 8.56. The Morgan fingerprint density at radius 3 is 2.89 bits per heavy atom. The van der Waals surface area contributed by atoms with Crippen LogP contribution in [0.3, 0.4) is 0 Å². The van der Waals surface area contributed by atoms with E-state index in [2.05, 4.69) is 20.4 Å². The monoisotopic (exact) mass is 248 g/mol. The van der Waals surface area contributed by atoms with Gasteiger partial charge in [0.2, 0.25) is 5.89 Å². The first kappa shape index (κ1) is 12.0. The van der Waals surface area contributed by atoms with Crippen LogP contribution in [0.1, 0.15) is 27.8 Å². The number of nitrogens with one attached hydrogen (secondary N) is 2. The molecule has 0 aromatic carbocycles. The van der Waals surface area contributed by atoms with Crippen molar-refractivity contribution in [2.75, 3.05) is 0 Å². The number of H-pyrrole nitrogens is 1. The molecule has 2 heterocycles. The Hall–Kier alpha value is -2.44. The summed E-state index contributed by atoms with van der Waals surface area (Å²) in [5, 5.41) is 6.12. The summed E-state index contributed by atoms with van der Waals surface area (Å²) in [7, 11) is 0. The molecule has 2 rings (SSSR count). The van der Waals surface area contributed by atoms with Crippen molar-refractivity contribution in [2.24, 2.45) is 0 Å². The Kier molecular flexibility index (Phi) is 3.22. The van der Waals surface area contributed by atoms with Crippen molar-refractivity contribution in [3.63, 3.8) is 0 Å². The maximum atomic E-state index is 11.7. The molecule has 0 atom stereocenters. The number of rotatable bonds is 3. The lowest BCUT2D eigenvalue weighted by Gasteiger charge is -2.01. The van der Waals surface area contributed by atoms with E-state index in [-0.39, 0.29) is 17.5 Å². The fourth-order valence-electron chi connectivity index (χ4n) is 1.41. The molecule has 0 aliphatic rings. The second kappa shape index (κ2) is 4.82. The highest BCUT2D eigenvalue weighted by molar-refractivity contribution is 5.93. The number of carbonyl (C=O) groups excluding carboxylic acids is 1. The first-order valence-corrected chi connectivity index (χ1v) is 5.33. The Bertz CT molecular complexity index is 629. The molecule has 0 saturated carbocycles. The van der Waals surface area contributed by atoms with Gasteiger partial charge in [0, 0.05) is 18.0 Å². The van der Waals surface area contributed by atoms with Gasteiger partial charge in [-0.3, -0.25) is 9.59 Å². The van der Waals surface area contributed by atoms with Crippen LogP contribution in [0.2, 0.25) is 0 Å². The molecule has 0 aliphatic heterocycles. The minimum Gasteiger partial charge on any atom is -0.364 e. The van der Waals surface area contributed by atoms with Crippen molar-refractivity contribution in [2.45, 2.75) is 20.4 Å². The predicted molar refractivity (Wildman–Crippen MR) is 62.0 cm³/mol. The van der Waals surface area contributed by atoms with E-state index in [9.17, 15) is 9.59 Å². The van der Waals surface area contributed by atoms with E-state index in [0.29, 0.717) is 17.4 Å². The zero-order valence-corrected chi connectivity index (χ0v) is 9.98. The van der Waals surface area contributed by atoms with Crippen LogP contribution in [0.15, 0.2) is 21.6 Å². The van der Waals surface area contributed by atoms with Crippen LogP contribution in [-0.4, -0.2) is 21.0 Å². The average Bonchev–Trinajstić information content (AvgIpc) is 2.72. The highest BCUT2D eigenvalue weighted by Gasteiger charge is 2.11. The first-order valence-electron chi connectivity index (χ1n) is 5.33. The zero-order chi connectivity index (χ0) is 13.1. The van der Waals surface area contributed by atoms with Crippen molar-refractivity contribution in [3.8, 4) is 0 Å². The van der Waals surface area contributed by atoms with E-state index in [0.717, 1.165) is 0 Å². The Morgan fingerprint density at radius 1 is 1.50 bits per heavy atom. The largest absolute Gasteiger partial charge is 0.364 e. The Labute approximate surface area is 102 Å². The topological polar surface area (TPSA) is 101 Å². The average molecular weight is 248 g/mol. The van der Waals surface area contributed by atoms with Gasteiger partial charge in [-0.2, -0.15) is 4.98 Å². The smallest absolute Gasteiger partial charge is 0.257 e. The molecule has 0 fully saturated rings. The summed E-state index contributed by atoms with van der Waals surface area (Å²) in [6, 6.07) is 1.37. The molecule has 7 nitrogen and oxygen atoms in total. The fraction of sp³-hybridized carbons (Fsp3) is 0.273. The molecule has 0 radical (unpaired) electrons. The number of aromatic nitrogens is 3. The molecule has 94 valence electrons. The van der Waals surface area contributed by atoms with Crippen molar-refractivity contribution < 1.29 is 9.32 Å². The molecular weight excluding hydrogens is 236 g/mol. The van der Waals surface area contributed by atoms with Gasteiger partial charge in [-0.25, -0.2) is 0 Å². The molecule has 1 amide bonds. The van der Waals surface area contributed by atoms with Gasteiger partial charge in [-0.15, -0.1) is 0 Å². The van der Waals surface area contributed by atoms with E-state index in [1.165, 1.54) is 12.3 Å². The number of aromatic amines is 1. The number of hydrogen-bond acceptors (Lipinski definition) is 5. The molecule has 0 spiro atoms. The highest BCUT2D eigenvalue weighted by atomic mass is 16.5. The second-order valence-electron chi connectivity index (χ2n) is 3.81. The van der Waals surface area contributed by atoms with Gasteiger partial charge in [0.15, 0.2) is 11.3 Å². The van der Waals surface area contributed by atoms with Crippen molar-refractivity contribution in [1.29, 1.82) is 0 Å². The van der Waals surface area contributed by atoms with E-state index < -0.39 is 5.91 Å². The van der Waals surface area contributed by atoms with E-state index >= 15 is 0 Å². The fourth-order valence-corrected chi connectivity index (χ4v) is 1.41. The number of carbonyl (C=O) groups is 1. The van der Waals surface area contributed by atoms with E-state index in [1.807, 2.05) is 0 Å². The van der Waals surface area contributed by atoms with Crippen LogP contribution in [0, 0.1) is 13.8 Å². The van der Waals surface area contributed by atoms with Crippen LogP contribution >= 0.6 is 0 Å². The summed E-state index contributed by atoms with van der Waals surface area (Å²) in [6.45, 7) is 3.51. The van der Waals surface area contributed by atoms with E-state index in [1.54, 1.807) is 13.8 Å².